The fourth-order valence-electron chi connectivity index (χ4n) is 1.54. The molecule has 0 amide bonds. The molecule has 0 radical (unpaired) electrons. The van der Waals surface area contributed by atoms with E-state index in [9.17, 15) is 0 Å². The fourth-order valence-corrected chi connectivity index (χ4v) is 1.54. The summed E-state index contributed by atoms with van der Waals surface area (Å²) in [5.74, 6) is 2.18. The first-order valence-corrected chi connectivity index (χ1v) is 5.94. The SMILES string of the molecule is CCCNc1cc(-n2cccn2)nc(COC)n1. The molecule has 0 saturated carbocycles. The molecule has 0 fully saturated rings. The van der Waals surface area contributed by atoms with E-state index in [0.29, 0.717) is 12.4 Å². The van der Waals surface area contributed by atoms with Gasteiger partial charge in [0.15, 0.2) is 11.6 Å². The van der Waals surface area contributed by atoms with Gasteiger partial charge in [-0.05, 0) is 12.5 Å². The van der Waals surface area contributed by atoms with E-state index < -0.39 is 0 Å². The maximum atomic E-state index is 5.08. The quantitative estimate of drug-likeness (QED) is 0.840. The van der Waals surface area contributed by atoms with Gasteiger partial charge in [0.25, 0.3) is 0 Å². The molecule has 0 bridgehead atoms. The van der Waals surface area contributed by atoms with Crippen molar-refractivity contribution in [1.29, 1.82) is 0 Å². The van der Waals surface area contributed by atoms with Gasteiger partial charge in [-0.15, -0.1) is 0 Å². The van der Waals surface area contributed by atoms with Crippen LogP contribution in [0.1, 0.15) is 19.2 Å². The minimum absolute atomic E-state index is 0.385. The molecule has 6 nitrogen and oxygen atoms in total. The highest BCUT2D eigenvalue weighted by Crippen LogP contribution is 2.11. The van der Waals surface area contributed by atoms with Crippen LogP contribution in [0.4, 0.5) is 5.82 Å². The van der Waals surface area contributed by atoms with Crippen molar-refractivity contribution in [2.75, 3.05) is 19.0 Å². The average molecular weight is 247 g/mol. The van der Waals surface area contributed by atoms with Crippen LogP contribution in [0.3, 0.4) is 0 Å². The summed E-state index contributed by atoms with van der Waals surface area (Å²) in [5.41, 5.74) is 0. The Balaban J connectivity index is 2.30. The van der Waals surface area contributed by atoms with Crippen molar-refractivity contribution >= 4 is 5.82 Å². The summed E-state index contributed by atoms with van der Waals surface area (Å²) in [6, 6.07) is 3.74. The lowest BCUT2D eigenvalue weighted by Crippen LogP contribution is -2.09. The molecule has 96 valence electrons. The highest BCUT2D eigenvalue weighted by Gasteiger charge is 2.06. The zero-order valence-corrected chi connectivity index (χ0v) is 10.6. The summed E-state index contributed by atoms with van der Waals surface area (Å²) >= 11 is 0. The Kier molecular flexibility index (Phi) is 4.25. The van der Waals surface area contributed by atoms with Gasteiger partial charge in [0.05, 0.1) is 0 Å². The van der Waals surface area contributed by atoms with Gasteiger partial charge in [0.1, 0.15) is 12.4 Å². The van der Waals surface area contributed by atoms with E-state index in [1.54, 1.807) is 18.0 Å². The number of hydrogen-bond donors (Lipinski definition) is 1. The molecule has 0 spiro atoms. The van der Waals surface area contributed by atoms with Gasteiger partial charge in [-0.2, -0.15) is 5.10 Å². The lowest BCUT2D eigenvalue weighted by Gasteiger charge is -2.09. The van der Waals surface area contributed by atoms with Gasteiger partial charge in [-0.1, -0.05) is 6.92 Å². The molecule has 6 heteroatoms. The van der Waals surface area contributed by atoms with Crippen LogP contribution in [-0.4, -0.2) is 33.4 Å². The molecule has 1 N–H and O–H groups in total. The molecule has 0 aliphatic rings. The number of methoxy groups -OCH3 is 1. The molecule has 0 aliphatic heterocycles. The van der Waals surface area contributed by atoms with E-state index in [2.05, 4.69) is 27.3 Å². The Morgan fingerprint density at radius 1 is 1.39 bits per heavy atom. The van der Waals surface area contributed by atoms with Crippen LogP contribution in [0.2, 0.25) is 0 Å². The monoisotopic (exact) mass is 247 g/mol. The second kappa shape index (κ2) is 6.11. The minimum Gasteiger partial charge on any atom is -0.377 e. The summed E-state index contributed by atoms with van der Waals surface area (Å²) in [5, 5.41) is 7.41. The van der Waals surface area contributed by atoms with Crippen molar-refractivity contribution < 1.29 is 4.74 Å². The topological polar surface area (TPSA) is 64.9 Å². The van der Waals surface area contributed by atoms with Gasteiger partial charge in [-0.25, -0.2) is 14.6 Å². The van der Waals surface area contributed by atoms with Crippen molar-refractivity contribution in [3.8, 4) is 5.82 Å². The van der Waals surface area contributed by atoms with Crippen LogP contribution in [0.15, 0.2) is 24.5 Å². The van der Waals surface area contributed by atoms with Crippen LogP contribution in [0, 0.1) is 0 Å². The highest BCUT2D eigenvalue weighted by atomic mass is 16.5. The third-order valence-electron chi connectivity index (χ3n) is 2.33. The predicted molar refractivity (Wildman–Crippen MR) is 68.6 cm³/mol. The van der Waals surface area contributed by atoms with Crippen molar-refractivity contribution in [2.45, 2.75) is 20.0 Å². The van der Waals surface area contributed by atoms with Crippen molar-refractivity contribution in [2.24, 2.45) is 0 Å². The second-order valence-electron chi connectivity index (χ2n) is 3.84. The first kappa shape index (κ1) is 12.5. The smallest absolute Gasteiger partial charge is 0.159 e. The molecule has 0 atom stereocenters. The van der Waals surface area contributed by atoms with Gasteiger partial charge >= 0.3 is 0 Å². The maximum Gasteiger partial charge on any atom is 0.159 e. The molecule has 2 heterocycles. The van der Waals surface area contributed by atoms with E-state index in [0.717, 1.165) is 24.6 Å². The first-order valence-electron chi connectivity index (χ1n) is 5.94. The summed E-state index contributed by atoms with van der Waals surface area (Å²) in [7, 11) is 1.63. The van der Waals surface area contributed by atoms with Crippen LogP contribution in [0.25, 0.3) is 5.82 Å². The molecular weight excluding hydrogens is 230 g/mol. The van der Waals surface area contributed by atoms with Crippen molar-refractivity contribution in [3.63, 3.8) is 0 Å². The summed E-state index contributed by atoms with van der Waals surface area (Å²) in [4.78, 5) is 8.78. The van der Waals surface area contributed by atoms with Crippen molar-refractivity contribution in [3.05, 3.63) is 30.4 Å². The highest BCUT2D eigenvalue weighted by molar-refractivity contribution is 5.41. The van der Waals surface area contributed by atoms with Crippen LogP contribution < -0.4 is 5.32 Å². The molecule has 0 aliphatic carbocycles. The zero-order chi connectivity index (χ0) is 12.8. The second-order valence-corrected chi connectivity index (χ2v) is 3.84. The standard InChI is InChI=1S/C12H17N5O/c1-3-5-13-10-8-12(17-7-4-6-14-17)16-11(15-10)9-18-2/h4,6-8H,3,5,9H2,1-2H3,(H,13,15,16). The van der Waals surface area contributed by atoms with Gasteiger partial charge < -0.3 is 10.1 Å². The molecule has 2 aromatic heterocycles. The van der Waals surface area contributed by atoms with Crippen molar-refractivity contribution in [1.82, 2.24) is 19.7 Å². The predicted octanol–water partition coefficient (Wildman–Crippen LogP) is 1.63. The molecular formula is C12H17N5O. The third-order valence-corrected chi connectivity index (χ3v) is 2.33. The van der Waals surface area contributed by atoms with Crippen LogP contribution in [0.5, 0.6) is 0 Å². The lowest BCUT2D eigenvalue weighted by atomic mass is 10.4. The number of nitrogens with one attached hydrogen (secondary N) is 1. The van der Waals surface area contributed by atoms with Crippen LogP contribution in [-0.2, 0) is 11.3 Å². The number of aromatic nitrogens is 4. The zero-order valence-electron chi connectivity index (χ0n) is 10.6. The van der Waals surface area contributed by atoms with E-state index >= 15 is 0 Å². The van der Waals surface area contributed by atoms with Gasteiger partial charge in [0.2, 0.25) is 0 Å². The maximum absolute atomic E-state index is 5.08. The Hall–Kier alpha value is -1.95. The van der Waals surface area contributed by atoms with Crippen LogP contribution >= 0.6 is 0 Å². The normalized spacial score (nSPS) is 10.6. The molecule has 2 aromatic rings. The van der Waals surface area contributed by atoms with E-state index in [4.69, 9.17) is 4.74 Å². The Bertz CT molecular complexity index is 483. The summed E-state index contributed by atoms with van der Waals surface area (Å²) in [6.07, 6.45) is 4.61. The Morgan fingerprint density at radius 2 is 2.28 bits per heavy atom. The number of anilines is 1. The number of ether oxygens (including phenoxy) is 1. The number of hydrogen-bond acceptors (Lipinski definition) is 5. The first-order chi connectivity index (χ1) is 8.83. The van der Waals surface area contributed by atoms with E-state index in [1.165, 1.54) is 0 Å². The van der Waals surface area contributed by atoms with Gasteiger partial charge in [-0.3, -0.25) is 0 Å². The summed E-state index contributed by atoms with van der Waals surface area (Å²) < 4.78 is 6.78. The summed E-state index contributed by atoms with van der Waals surface area (Å²) in [6.45, 7) is 3.37. The average Bonchev–Trinajstić information content (AvgIpc) is 2.90. The molecule has 18 heavy (non-hydrogen) atoms. The molecule has 0 unspecified atom stereocenters. The largest absolute Gasteiger partial charge is 0.377 e. The minimum atomic E-state index is 0.385. The lowest BCUT2D eigenvalue weighted by molar-refractivity contribution is 0.178. The number of rotatable bonds is 6. The number of nitrogens with zero attached hydrogens (tertiary/aromatic N) is 4. The third kappa shape index (κ3) is 3.04. The Labute approximate surface area is 106 Å². The molecule has 0 aromatic carbocycles. The Morgan fingerprint density at radius 3 is 2.94 bits per heavy atom. The van der Waals surface area contributed by atoms with E-state index in [-0.39, 0.29) is 0 Å². The molecule has 2 rings (SSSR count). The fraction of sp³-hybridized carbons (Fsp3) is 0.417. The van der Waals surface area contributed by atoms with E-state index in [1.807, 2.05) is 18.3 Å². The van der Waals surface area contributed by atoms with Gasteiger partial charge in [0, 0.05) is 32.1 Å². The molecule has 0 saturated heterocycles.